The van der Waals surface area contributed by atoms with Gasteiger partial charge in [0.05, 0.1) is 38.3 Å². The van der Waals surface area contributed by atoms with E-state index in [2.05, 4.69) is 0 Å². The van der Waals surface area contributed by atoms with E-state index in [9.17, 15) is 13.2 Å². The van der Waals surface area contributed by atoms with Gasteiger partial charge in [-0.05, 0) is 42.3 Å². The molecular formula is C22H25ClN2O5S. The molecule has 2 aromatic carbocycles. The van der Waals surface area contributed by atoms with Gasteiger partial charge in [0.15, 0.2) is 21.3 Å². The highest BCUT2D eigenvalue weighted by atomic mass is 35.5. The lowest BCUT2D eigenvalue weighted by Gasteiger charge is -2.43. The van der Waals surface area contributed by atoms with Crippen molar-refractivity contribution in [1.82, 2.24) is 4.90 Å². The van der Waals surface area contributed by atoms with Gasteiger partial charge in [-0.2, -0.15) is 0 Å². The van der Waals surface area contributed by atoms with Gasteiger partial charge in [-0.25, -0.2) is 8.42 Å². The van der Waals surface area contributed by atoms with Gasteiger partial charge in [-0.1, -0.05) is 23.7 Å². The molecule has 0 bridgehead atoms. The Morgan fingerprint density at radius 1 is 1.03 bits per heavy atom. The van der Waals surface area contributed by atoms with Crippen LogP contribution in [0.5, 0.6) is 11.5 Å². The highest BCUT2D eigenvalue weighted by Crippen LogP contribution is 2.33. The molecule has 2 heterocycles. The summed E-state index contributed by atoms with van der Waals surface area (Å²) in [5.74, 6) is 1.19. The number of carbonyl (C=O) groups is 1. The molecule has 2 aliphatic rings. The molecule has 0 unspecified atom stereocenters. The fourth-order valence-electron chi connectivity index (χ4n) is 4.47. The summed E-state index contributed by atoms with van der Waals surface area (Å²) >= 11 is 6.12. The van der Waals surface area contributed by atoms with Crippen LogP contribution in [0.4, 0.5) is 5.69 Å². The highest BCUT2D eigenvalue weighted by molar-refractivity contribution is 7.91. The topological polar surface area (TPSA) is 76.2 Å². The molecule has 0 saturated carbocycles. The zero-order valence-corrected chi connectivity index (χ0v) is 19.0. The van der Waals surface area contributed by atoms with Crippen molar-refractivity contribution in [2.24, 2.45) is 0 Å². The minimum absolute atomic E-state index is 0.0389. The molecule has 2 saturated heterocycles. The van der Waals surface area contributed by atoms with E-state index in [1.807, 2.05) is 23.1 Å². The minimum atomic E-state index is -3.24. The maximum Gasteiger partial charge on any atom is 0.241 e. The van der Waals surface area contributed by atoms with Crippen LogP contribution < -0.4 is 14.4 Å². The van der Waals surface area contributed by atoms with Crippen LogP contribution in [0.15, 0.2) is 42.5 Å². The summed E-state index contributed by atoms with van der Waals surface area (Å²) in [4.78, 5) is 16.7. The van der Waals surface area contributed by atoms with E-state index in [4.69, 9.17) is 21.1 Å². The Kier molecular flexibility index (Phi) is 6.14. The van der Waals surface area contributed by atoms with Gasteiger partial charge >= 0.3 is 0 Å². The number of hydrogen-bond donors (Lipinski definition) is 0. The van der Waals surface area contributed by atoms with Crippen molar-refractivity contribution in [3.63, 3.8) is 0 Å². The maximum absolute atomic E-state index is 13.1. The molecule has 0 N–H and O–H groups in total. The molecule has 9 heteroatoms. The summed E-state index contributed by atoms with van der Waals surface area (Å²) in [6.45, 7) is 0.734. The number of piperazine rings is 1. The van der Waals surface area contributed by atoms with E-state index in [-0.39, 0.29) is 30.0 Å². The molecule has 0 aromatic heterocycles. The Morgan fingerprint density at radius 2 is 1.77 bits per heavy atom. The second-order valence-corrected chi connectivity index (χ2v) is 10.5. The first kappa shape index (κ1) is 21.9. The molecule has 2 atom stereocenters. The Bertz CT molecular complexity index is 1090. The summed E-state index contributed by atoms with van der Waals surface area (Å²) < 4.78 is 35.6. The first-order chi connectivity index (χ1) is 14.8. The molecule has 0 spiro atoms. The first-order valence-corrected chi connectivity index (χ1v) is 12.2. The number of rotatable bonds is 6. The van der Waals surface area contributed by atoms with Crippen LogP contribution in [-0.2, 0) is 21.1 Å². The summed E-state index contributed by atoms with van der Waals surface area (Å²) in [6, 6.07) is 12.0. The maximum atomic E-state index is 13.1. The van der Waals surface area contributed by atoms with E-state index >= 15 is 0 Å². The molecule has 2 aromatic rings. The van der Waals surface area contributed by atoms with Gasteiger partial charge in [0, 0.05) is 23.3 Å². The van der Waals surface area contributed by atoms with E-state index in [0.717, 1.165) is 5.56 Å². The molecule has 166 valence electrons. The number of nitrogens with zero attached hydrogens (tertiary/aromatic N) is 2. The predicted octanol–water partition coefficient (Wildman–Crippen LogP) is 2.41. The van der Waals surface area contributed by atoms with Crippen molar-refractivity contribution in [3.8, 4) is 11.5 Å². The third-order valence-electron chi connectivity index (χ3n) is 5.92. The molecule has 7 nitrogen and oxygen atoms in total. The number of fused-ring (bicyclic) bond motifs is 1. The van der Waals surface area contributed by atoms with Gasteiger partial charge < -0.3 is 14.4 Å². The second kappa shape index (κ2) is 8.68. The van der Waals surface area contributed by atoms with E-state index in [1.54, 1.807) is 43.4 Å². The Morgan fingerprint density at radius 3 is 2.48 bits per heavy atom. The summed E-state index contributed by atoms with van der Waals surface area (Å²) in [5, 5.41) is 0.513. The molecular weight excluding hydrogens is 440 g/mol. The van der Waals surface area contributed by atoms with Gasteiger partial charge in [-0.15, -0.1) is 0 Å². The quantitative estimate of drug-likeness (QED) is 0.653. The zero-order valence-electron chi connectivity index (χ0n) is 17.5. The van der Waals surface area contributed by atoms with Crippen LogP contribution in [-0.4, -0.2) is 70.1 Å². The SMILES string of the molecule is COc1ccc(CCN2CC(=O)N(c3cccc(Cl)c3)[C@@H]3CS(=O)(=O)C[C@@H]32)cc1OC. The van der Waals surface area contributed by atoms with Crippen molar-refractivity contribution in [2.75, 3.05) is 43.7 Å². The lowest BCUT2D eigenvalue weighted by molar-refractivity contribution is -0.123. The highest BCUT2D eigenvalue weighted by Gasteiger charge is 2.49. The fourth-order valence-corrected chi connectivity index (χ4v) is 6.64. The monoisotopic (exact) mass is 464 g/mol. The number of ether oxygens (including phenoxy) is 2. The minimum Gasteiger partial charge on any atom is -0.493 e. The lowest BCUT2D eigenvalue weighted by atomic mass is 10.0. The van der Waals surface area contributed by atoms with Crippen LogP contribution in [0.25, 0.3) is 0 Å². The van der Waals surface area contributed by atoms with Crippen molar-refractivity contribution >= 4 is 33.0 Å². The Labute approximate surface area is 187 Å². The molecule has 0 radical (unpaired) electrons. The summed E-state index contributed by atoms with van der Waals surface area (Å²) in [5.41, 5.74) is 1.67. The summed E-state index contributed by atoms with van der Waals surface area (Å²) in [7, 11) is -0.0708. The van der Waals surface area contributed by atoms with E-state index in [0.29, 0.717) is 35.2 Å². The van der Waals surface area contributed by atoms with Gasteiger partial charge in [0.2, 0.25) is 5.91 Å². The lowest BCUT2D eigenvalue weighted by Crippen LogP contribution is -2.62. The Hall–Kier alpha value is -2.29. The van der Waals surface area contributed by atoms with Crippen molar-refractivity contribution in [2.45, 2.75) is 18.5 Å². The average molecular weight is 465 g/mol. The molecule has 1 amide bonds. The molecule has 31 heavy (non-hydrogen) atoms. The zero-order chi connectivity index (χ0) is 22.2. The molecule has 4 rings (SSSR count). The van der Waals surface area contributed by atoms with Crippen LogP contribution in [0.3, 0.4) is 0 Å². The number of carbonyl (C=O) groups excluding carboxylic acids is 1. The van der Waals surface area contributed by atoms with Crippen LogP contribution in [0, 0.1) is 0 Å². The normalized spacial score (nSPS) is 22.9. The predicted molar refractivity (Wildman–Crippen MR) is 120 cm³/mol. The van der Waals surface area contributed by atoms with Crippen molar-refractivity contribution < 1.29 is 22.7 Å². The smallest absolute Gasteiger partial charge is 0.241 e. The number of benzene rings is 2. The number of halogens is 1. The van der Waals surface area contributed by atoms with Gasteiger partial charge in [0.25, 0.3) is 0 Å². The van der Waals surface area contributed by atoms with Crippen LogP contribution in [0.1, 0.15) is 5.56 Å². The first-order valence-electron chi connectivity index (χ1n) is 10.0. The van der Waals surface area contributed by atoms with Gasteiger partial charge in [-0.3, -0.25) is 9.69 Å². The molecule has 2 fully saturated rings. The largest absolute Gasteiger partial charge is 0.493 e. The third kappa shape index (κ3) is 4.51. The van der Waals surface area contributed by atoms with Crippen LogP contribution >= 0.6 is 11.6 Å². The molecule has 0 aliphatic carbocycles. The summed E-state index contributed by atoms with van der Waals surface area (Å²) in [6.07, 6.45) is 0.661. The standard InChI is InChI=1S/C22H25ClN2O5S/c1-29-20-7-6-15(10-21(20)30-2)8-9-24-12-22(26)25(17-5-3-4-16(23)11-17)19-14-31(27,28)13-18(19)24/h3-7,10-11,18-19H,8-9,12-14H2,1-2H3/t18-,19+/m0/s1. The molecule has 2 aliphatic heterocycles. The fraction of sp³-hybridized carbons (Fsp3) is 0.409. The van der Waals surface area contributed by atoms with Gasteiger partial charge in [0.1, 0.15) is 0 Å². The van der Waals surface area contributed by atoms with E-state index < -0.39 is 15.9 Å². The van der Waals surface area contributed by atoms with Crippen molar-refractivity contribution in [1.29, 1.82) is 0 Å². The number of amides is 1. The van der Waals surface area contributed by atoms with Crippen LogP contribution in [0.2, 0.25) is 5.02 Å². The number of methoxy groups -OCH3 is 2. The third-order valence-corrected chi connectivity index (χ3v) is 7.86. The second-order valence-electron chi connectivity index (χ2n) is 7.87. The number of hydrogen-bond acceptors (Lipinski definition) is 6. The van der Waals surface area contributed by atoms with Crippen molar-refractivity contribution in [3.05, 3.63) is 53.1 Å². The average Bonchev–Trinajstić information content (AvgIpc) is 3.06. The number of anilines is 1. The van der Waals surface area contributed by atoms with E-state index in [1.165, 1.54) is 0 Å². The Balaban J connectivity index is 1.56. The number of sulfone groups is 1.